The molecule has 0 amide bonds. The fourth-order valence-corrected chi connectivity index (χ4v) is 5.91. The zero-order valence-corrected chi connectivity index (χ0v) is 30.5. The quantitative estimate of drug-likeness (QED) is 0.162. The summed E-state index contributed by atoms with van der Waals surface area (Å²) in [5, 5.41) is 0. The molecule has 4 nitrogen and oxygen atoms in total. The van der Waals surface area contributed by atoms with Crippen LogP contribution in [0.2, 0.25) is 0 Å². The second kappa shape index (κ2) is 15.7. The summed E-state index contributed by atoms with van der Waals surface area (Å²) >= 11 is 0. The van der Waals surface area contributed by atoms with Gasteiger partial charge in [-0.05, 0) is 78.2 Å². The summed E-state index contributed by atoms with van der Waals surface area (Å²) in [5.41, 5.74) is 16.1. The van der Waals surface area contributed by atoms with Gasteiger partial charge in [-0.25, -0.2) is 0 Å². The van der Waals surface area contributed by atoms with Crippen LogP contribution in [-0.4, -0.2) is 19.9 Å². The summed E-state index contributed by atoms with van der Waals surface area (Å²) in [6.07, 6.45) is 7.16. The molecule has 245 valence electrons. The molecule has 50 heavy (non-hydrogen) atoms. The van der Waals surface area contributed by atoms with Gasteiger partial charge in [0.1, 0.15) is 0 Å². The number of hydrogen-bond acceptors (Lipinski definition) is 4. The number of hydrogen-bond donors (Lipinski definition) is 0. The second-order valence-corrected chi connectivity index (χ2v) is 12.1. The van der Waals surface area contributed by atoms with E-state index in [4.69, 9.17) is 9.97 Å². The first-order valence-corrected chi connectivity index (χ1v) is 16.3. The van der Waals surface area contributed by atoms with Gasteiger partial charge in [-0.2, -0.15) is 0 Å². The molecule has 0 bridgehead atoms. The van der Waals surface area contributed by atoms with E-state index < -0.39 is 0 Å². The molecule has 0 fully saturated rings. The van der Waals surface area contributed by atoms with Gasteiger partial charge in [-0.3, -0.25) is 9.97 Å². The van der Waals surface area contributed by atoms with E-state index in [1.807, 2.05) is 60.8 Å². The molecule has 5 heteroatoms. The SMILES string of the molecule is Cc1ccc(-c2cc(C)cc(-c3ccc(-c4cc[c-]c(-c5ccccn5)c4)c4nccnc34)c2)cc1.Cc1ccnc(-c2[c-]cccc2)c1.[Ir]. The molecule has 8 aromatic rings. The molecule has 0 unspecified atom stereocenters. The molecule has 3 aromatic heterocycles. The van der Waals surface area contributed by atoms with Crippen LogP contribution in [0.25, 0.3) is 66.9 Å². The number of benzene rings is 5. The molecule has 0 aliphatic carbocycles. The molecule has 0 atom stereocenters. The first-order chi connectivity index (χ1) is 24.0. The van der Waals surface area contributed by atoms with Crippen molar-refractivity contribution in [2.75, 3.05) is 0 Å². The van der Waals surface area contributed by atoms with Crippen molar-refractivity contribution in [3.8, 4) is 55.9 Å². The summed E-state index contributed by atoms with van der Waals surface area (Å²) in [6, 6.07) is 50.1. The molecular formula is C45H34IrN4-2. The Kier molecular flexibility index (Phi) is 10.8. The van der Waals surface area contributed by atoms with Crippen LogP contribution in [-0.2, 0) is 20.1 Å². The van der Waals surface area contributed by atoms with Crippen molar-refractivity contribution < 1.29 is 20.1 Å². The summed E-state index contributed by atoms with van der Waals surface area (Å²) in [6.45, 7) is 6.32. The Balaban J connectivity index is 0.000000260. The molecule has 0 saturated carbocycles. The van der Waals surface area contributed by atoms with Crippen molar-refractivity contribution >= 4 is 11.0 Å². The fraction of sp³-hybridized carbons (Fsp3) is 0.0667. The van der Waals surface area contributed by atoms with Gasteiger partial charge in [0.05, 0.1) is 11.0 Å². The van der Waals surface area contributed by atoms with E-state index in [9.17, 15) is 0 Å². The van der Waals surface area contributed by atoms with Crippen LogP contribution < -0.4 is 0 Å². The average Bonchev–Trinajstić information content (AvgIpc) is 3.15. The summed E-state index contributed by atoms with van der Waals surface area (Å²) in [5.74, 6) is 0. The van der Waals surface area contributed by atoms with E-state index in [1.54, 1.807) is 18.6 Å². The first kappa shape index (κ1) is 34.3. The van der Waals surface area contributed by atoms with Crippen molar-refractivity contribution in [1.82, 2.24) is 19.9 Å². The Morgan fingerprint density at radius 2 is 1.10 bits per heavy atom. The predicted octanol–water partition coefficient (Wildman–Crippen LogP) is 11.0. The molecule has 0 aliphatic rings. The third-order valence-corrected chi connectivity index (χ3v) is 8.35. The van der Waals surface area contributed by atoms with Gasteiger partial charge in [-0.1, -0.05) is 83.4 Å². The molecule has 1 radical (unpaired) electrons. The number of aryl methyl sites for hydroxylation is 3. The molecule has 0 spiro atoms. The van der Waals surface area contributed by atoms with E-state index in [-0.39, 0.29) is 20.1 Å². The van der Waals surface area contributed by atoms with Crippen molar-refractivity contribution in [3.63, 3.8) is 0 Å². The van der Waals surface area contributed by atoms with Crippen LogP contribution in [0.3, 0.4) is 0 Å². The Morgan fingerprint density at radius 1 is 0.400 bits per heavy atom. The largest absolute Gasteiger partial charge is 0.305 e. The molecular weight excluding hydrogens is 789 g/mol. The van der Waals surface area contributed by atoms with Crippen LogP contribution in [0.4, 0.5) is 0 Å². The second-order valence-electron chi connectivity index (χ2n) is 12.1. The smallest absolute Gasteiger partial charge is 0.0970 e. The van der Waals surface area contributed by atoms with E-state index in [2.05, 4.69) is 116 Å². The topological polar surface area (TPSA) is 51.6 Å². The Hall–Kier alpha value is -5.61. The third-order valence-electron chi connectivity index (χ3n) is 8.35. The molecule has 8 rings (SSSR count). The maximum Gasteiger partial charge on any atom is 0.0970 e. The minimum atomic E-state index is 0. The molecule has 0 saturated heterocycles. The fourth-order valence-electron chi connectivity index (χ4n) is 5.91. The average molecular weight is 823 g/mol. The van der Waals surface area contributed by atoms with Crippen LogP contribution in [0.5, 0.6) is 0 Å². The summed E-state index contributed by atoms with van der Waals surface area (Å²) in [7, 11) is 0. The van der Waals surface area contributed by atoms with E-state index in [0.29, 0.717) is 0 Å². The number of aromatic nitrogens is 4. The molecule has 0 N–H and O–H groups in total. The van der Waals surface area contributed by atoms with E-state index >= 15 is 0 Å². The molecule has 0 aliphatic heterocycles. The number of rotatable bonds is 5. The van der Waals surface area contributed by atoms with Crippen LogP contribution in [0.15, 0.2) is 152 Å². The minimum absolute atomic E-state index is 0. The van der Waals surface area contributed by atoms with Crippen LogP contribution in [0, 0.1) is 32.9 Å². The Morgan fingerprint density at radius 3 is 1.80 bits per heavy atom. The maximum atomic E-state index is 4.79. The van der Waals surface area contributed by atoms with Crippen molar-refractivity contribution in [2.24, 2.45) is 0 Å². The molecule has 3 heterocycles. The normalized spacial score (nSPS) is 10.5. The predicted molar refractivity (Wildman–Crippen MR) is 201 cm³/mol. The van der Waals surface area contributed by atoms with Gasteiger partial charge < -0.3 is 9.97 Å². The first-order valence-electron chi connectivity index (χ1n) is 16.3. The van der Waals surface area contributed by atoms with Crippen molar-refractivity contribution in [2.45, 2.75) is 20.8 Å². The van der Waals surface area contributed by atoms with Gasteiger partial charge in [0.25, 0.3) is 0 Å². The van der Waals surface area contributed by atoms with Gasteiger partial charge in [0.2, 0.25) is 0 Å². The standard InChI is InChI=1S/C33H24N3.C12H10N.Ir/c1-22-9-11-24(12-10-22)27-18-23(2)19-28(21-27)30-14-13-29(32-33(30)36-17-16-35-32)25-6-5-7-26(20-25)31-8-3-4-15-34-31;1-10-7-8-13-12(9-10)11-5-3-2-4-6-11;/h3-6,8-21H,1-2H3;2-5,7-9H,1H3;/q2*-1;. The number of nitrogens with zero attached hydrogens (tertiary/aromatic N) is 4. The van der Waals surface area contributed by atoms with Crippen LogP contribution in [0.1, 0.15) is 16.7 Å². The monoisotopic (exact) mass is 823 g/mol. The van der Waals surface area contributed by atoms with Crippen molar-refractivity contribution in [1.29, 1.82) is 0 Å². The van der Waals surface area contributed by atoms with E-state index in [0.717, 1.165) is 55.8 Å². The van der Waals surface area contributed by atoms with E-state index in [1.165, 1.54) is 27.8 Å². The van der Waals surface area contributed by atoms with Crippen LogP contribution >= 0.6 is 0 Å². The molecule has 5 aromatic carbocycles. The number of fused-ring (bicyclic) bond motifs is 1. The van der Waals surface area contributed by atoms with Gasteiger partial charge >= 0.3 is 0 Å². The minimum Gasteiger partial charge on any atom is -0.305 e. The maximum absolute atomic E-state index is 4.79. The van der Waals surface area contributed by atoms with Gasteiger partial charge in [0.15, 0.2) is 0 Å². The Labute approximate surface area is 307 Å². The van der Waals surface area contributed by atoms with Crippen molar-refractivity contribution in [3.05, 3.63) is 181 Å². The zero-order valence-electron chi connectivity index (χ0n) is 28.1. The van der Waals surface area contributed by atoms with Gasteiger partial charge in [-0.15, -0.1) is 65.7 Å². The Bertz CT molecular complexity index is 2360. The third kappa shape index (κ3) is 7.82. The summed E-state index contributed by atoms with van der Waals surface area (Å²) in [4.78, 5) is 18.3. The van der Waals surface area contributed by atoms with Gasteiger partial charge in [0, 0.05) is 50.5 Å². The zero-order chi connectivity index (χ0) is 33.6. The summed E-state index contributed by atoms with van der Waals surface area (Å²) < 4.78 is 0. The number of pyridine rings is 2.